The highest BCUT2D eigenvalue weighted by atomic mass is 35.5. The van der Waals surface area contributed by atoms with Crippen LogP contribution in [0.1, 0.15) is 0 Å². The molecule has 0 aliphatic rings. The van der Waals surface area contributed by atoms with Crippen molar-refractivity contribution in [2.24, 2.45) is 0 Å². The Labute approximate surface area is 93.4 Å². The lowest BCUT2D eigenvalue weighted by molar-refractivity contribution is -0.113. The minimum Gasteiger partial charge on any atom is -0.479 e. The number of halogens is 1. The monoisotopic (exact) mass is 223 g/mol. The van der Waals surface area contributed by atoms with Gasteiger partial charge < -0.3 is 10.1 Å². The number of carbonyl (C=O) groups is 1. The number of carbonyl (C=O) groups excluding carboxylic acids is 1. The molecule has 3 nitrogen and oxygen atoms in total. The van der Waals surface area contributed by atoms with E-state index in [9.17, 15) is 4.79 Å². The standard InChI is InChI=1S/C11H10ClNO2/c1-2-7-15-10-6-4-3-5-9(10)13-11(14)8-12/h1,3-6H,7-8H2,(H,13,14). The lowest BCUT2D eigenvalue weighted by Crippen LogP contribution is -2.13. The first-order valence-electron chi connectivity index (χ1n) is 4.29. The van der Waals surface area contributed by atoms with Crippen molar-refractivity contribution in [3.05, 3.63) is 24.3 Å². The van der Waals surface area contributed by atoms with Gasteiger partial charge in [-0.25, -0.2) is 0 Å². The van der Waals surface area contributed by atoms with Gasteiger partial charge in [-0.2, -0.15) is 0 Å². The third kappa shape index (κ3) is 3.53. The fourth-order valence-corrected chi connectivity index (χ4v) is 1.07. The summed E-state index contributed by atoms with van der Waals surface area (Å²) in [5.41, 5.74) is 0.568. The average molecular weight is 224 g/mol. The molecule has 1 aromatic rings. The van der Waals surface area contributed by atoms with E-state index in [4.69, 9.17) is 22.8 Å². The first-order valence-corrected chi connectivity index (χ1v) is 4.82. The normalized spacial score (nSPS) is 9.07. The lowest BCUT2D eigenvalue weighted by atomic mass is 10.3. The summed E-state index contributed by atoms with van der Waals surface area (Å²) in [6, 6.07) is 7.02. The predicted octanol–water partition coefficient (Wildman–Crippen LogP) is 1.88. The van der Waals surface area contributed by atoms with E-state index in [1.54, 1.807) is 24.3 Å². The van der Waals surface area contributed by atoms with Gasteiger partial charge in [0.25, 0.3) is 0 Å². The largest absolute Gasteiger partial charge is 0.479 e. The summed E-state index contributed by atoms with van der Waals surface area (Å²) in [4.78, 5) is 11.1. The lowest BCUT2D eigenvalue weighted by Gasteiger charge is -2.09. The number of amides is 1. The van der Waals surface area contributed by atoms with Crippen LogP contribution >= 0.6 is 11.6 Å². The van der Waals surface area contributed by atoms with Gasteiger partial charge in [0.15, 0.2) is 0 Å². The predicted molar refractivity (Wildman–Crippen MR) is 60.1 cm³/mol. The summed E-state index contributed by atoms with van der Waals surface area (Å²) in [6.45, 7) is 0.160. The fraction of sp³-hybridized carbons (Fsp3) is 0.182. The maximum atomic E-state index is 11.1. The molecule has 0 aliphatic carbocycles. The van der Waals surface area contributed by atoms with Crippen molar-refractivity contribution in [1.82, 2.24) is 0 Å². The summed E-state index contributed by atoms with van der Waals surface area (Å²) >= 11 is 5.37. The van der Waals surface area contributed by atoms with Crippen LogP contribution in [0.3, 0.4) is 0 Å². The summed E-state index contributed by atoms with van der Waals surface area (Å²) in [5.74, 6) is 2.51. The number of hydrogen-bond acceptors (Lipinski definition) is 2. The van der Waals surface area contributed by atoms with Gasteiger partial charge in [-0.1, -0.05) is 18.1 Å². The molecule has 1 aromatic carbocycles. The summed E-state index contributed by atoms with van der Waals surface area (Å²) in [7, 11) is 0. The van der Waals surface area contributed by atoms with E-state index in [0.29, 0.717) is 11.4 Å². The topological polar surface area (TPSA) is 38.3 Å². The van der Waals surface area contributed by atoms with Crippen LogP contribution in [-0.4, -0.2) is 18.4 Å². The van der Waals surface area contributed by atoms with E-state index >= 15 is 0 Å². The summed E-state index contributed by atoms with van der Waals surface area (Å²) < 4.78 is 5.24. The van der Waals surface area contributed by atoms with Gasteiger partial charge in [-0.05, 0) is 12.1 Å². The highest BCUT2D eigenvalue weighted by Gasteiger charge is 2.05. The highest BCUT2D eigenvalue weighted by molar-refractivity contribution is 6.29. The first-order chi connectivity index (χ1) is 7.27. The van der Waals surface area contributed by atoms with Gasteiger partial charge in [-0.3, -0.25) is 4.79 Å². The molecule has 0 atom stereocenters. The number of alkyl halides is 1. The molecule has 15 heavy (non-hydrogen) atoms. The maximum absolute atomic E-state index is 11.1. The van der Waals surface area contributed by atoms with Crippen LogP contribution in [0.4, 0.5) is 5.69 Å². The van der Waals surface area contributed by atoms with Gasteiger partial charge >= 0.3 is 0 Å². The molecule has 0 saturated heterocycles. The van der Waals surface area contributed by atoms with Gasteiger partial charge in [0, 0.05) is 0 Å². The van der Waals surface area contributed by atoms with Crippen LogP contribution < -0.4 is 10.1 Å². The van der Waals surface area contributed by atoms with E-state index in [1.807, 2.05) is 0 Å². The molecule has 1 rings (SSSR count). The maximum Gasteiger partial charge on any atom is 0.239 e. The molecule has 4 heteroatoms. The Hall–Kier alpha value is -1.66. The van der Waals surface area contributed by atoms with Crippen molar-refractivity contribution in [2.75, 3.05) is 17.8 Å². The van der Waals surface area contributed by atoms with Gasteiger partial charge in [0.1, 0.15) is 18.2 Å². The molecule has 1 amide bonds. The van der Waals surface area contributed by atoms with Crippen molar-refractivity contribution in [3.8, 4) is 18.1 Å². The van der Waals surface area contributed by atoms with E-state index in [0.717, 1.165) is 0 Å². The number of anilines is 1. The number of hydrogen-bond donors (Lipinski definition) is 1. The van der Waals surface area contributed by atoms with Gasteiger partial charge in [-0.15, -0.1) is 18.0 Å². The third-order valence-corrected chi connectivity index (χ3v) is 1.84. The van der Waals surface area contributed by atoms with Gasteiger partial charge in [0.2, 0.25) is 5.91 Å². The Bertz CT molecular complexity index is 384. The molecular formula is C11H10ClNO2. The Morgan fingerprint density at radius 1 is 1.53 bits per heavy atom. The Morgan fingerprint density at radius 2 is 2.27 bits per heavy atom. The molecule has 78 valence electrons. The molecule has 0 aromatic heterocycles. The minimum absolute atomic E-state index is 0.0938. The average Bonchev–Trinajstić information content (AvgIpc) is 2.28. The zero-order valence-electron chi connectivity index (χ0n) is 8.00. The number of nitrogens with one attached hydrogen (secondary N) is 1. The number of benzene rings is 1. The molecule has 1 N–H and O–H groups in total. The molecule has 0 heterocycles. The minimum atomic E-state index is -0.284. The Morgan fingerprint density at radius 3 is 2.93 bits per heavy atom. The van der Waals surface area contributed by atoms with Crippen molar-refractivity contribution in [1.29, 1.82) is 0 Å². The van der Waals surface area contributed by atoms with E-state index in [1.165, 1.54) is 0 Å². The highest BCUT2D eigenvalue weighted by Crippen LogP contribution is 2.23. The van der Waals surface area contributed by atoms with Crippen LogP contribution in [0, 0.1) is 12.3 Å². The van der Waals surface area contributed by atoms with Crippen LogP contribution in [0.2, 0.25) is 0 Å². The second-order valence-electron chi connectivity index (χ2n) is 2.67. The second kappa shape index (κ2) is 5.94. The first kappa shape index (κ1) is 11.4. The van der Waals surface area contributed by atoms with E-state index in [-0.39, 0.29) is 18.4 Å². The zero-order valence-corrected chi connectivity index (χ0v) is 8.75. The van der Waals surface area contributed by atoms with E-state index < -0.39 is 0 Å². The number of para-hydroxylation sites is 2. The molecule has 0 aliphatic heterocycles. The van der Waals surface area contributed by atoms with Crippen molar-refractivity contribution < 1.29 is 9.53 Å². The Balaban J connectivity index is 2.77. The number of terminal acetylenes is 1. The quantitative estimate of drug-likeness (QED) is 0.625. The van der Waals surface area contributed by atoms with Crippen LogP contribution in [-0.2, 0) is 4.79 Å². The van der Waals surface area contributed by atoms with Crippen LogP contribution in [0.25, 0.3) is 0 Å². The second-order valence-corrected chi connectivity index (χ2v) is 2.94. The molecule has 0 bridgehead atoms. The van der Waals surface area contributed by atoms with Gasteiger partial charge in [0.05, 0.1) is 5.69 Å². The smallest absolute Gasteiger partial charge is 0.239 e. The van der Waals surface area contributed by atoms with Crippen molar-refractivity contribution >= 4 is 23.2 Å². The summed E-state index contributed by atoms with van der Waals surface area (Å²) in [6.07, 6.45) is 5.07. The Kier molecular flexibility index (Phi) is 4.52. The fourth-order valence-electron chi connectivity index (χ4n) is 0.999. The zero-order chi connectivity index (χ0) is 11.1. The number of rotatable bonds is 4. The van der Waals surface area contributed by atoms with Crippen LogP contribution in [0.15, 0.2) is 24.3 Å². The molecule has 0 spiro atoms. The molecule has 0 saturated carbocycles. The number of ether oxygens (including phenoxy) is 1. The van der Waals surface area contributed by atoms with Crippen LogP contribution in [0.5, 0.6) is 5.75 Å². The summed E-state index contributed by atoms with van der Waals surface area (Å²) in [5, 5.41) is 2.60. The molecule has 0 radical (unpaired) electrons. The third-order valence-electron chi connectivity index (χ3n) is 1.59. The van der Waals surface area contributed by atoms with Crippen molar-refractivity contribution in [3.63, 3.8) is 0 Å². The SMILES string of the molecule is C#CCOc1ccccc1NC(=O)CCl. The van der Waals surface area contributed by atoms with E-state index in [2.05, 4.69) is 11.2 Å². The molecule has 0 unspecified atom stereocenters. The molecular weight excluding hydrogens is 214 g/mol. The molecule has 0 fully saturated rings. The van der Waals surface area contributed by atoms with Crippen molar-refractivity contribution in [2.45, 2.75) is 0 Å².